The van der Waals surface area contributed by atoms with Gasteiger partial charge in [-0.2, -0.15) is 0 Å². The van der Waals surface area contributed by atoms with Crippen LogP contribution in [-0.2, 0) is 20.9 Å². The first kappa shape index (κ1) is 27.6. The highest BCUT2D eigenvalue weighted by atomic mass is 127. The summed E-state index contributed by atoms with van der Waals surface area (Å²) >= 11 is 15.1. The lowest BCUT2D eigenvalue weighted by Gasteiger charge is -2.15. The van der Waals surface area contributed by atoms with Crippen molar-refractivity contribution in [1.29, 1.82) is 0 Å². The van der Waals surface area contributed by atoms with Gasteiger partial charge in [0, 0.05) is 15.6 Å². The molecule has 0 N–H and O–H groups in total. The number of amides is 2. The van der Waals surface area contributed by atoms with Gasteiger partial charge in [0.2, 0.25) is 0 Å². The smallest absolute Gasteiger partial charge is 0.326 e. The highest BCUT2D eigenvalue weighted by Crippen LogP contribution is 2.38. The third kappa shape index (κ3) is 7.28. The summed E-state index contributed by atoms with van der Waals surface area (Å²) in [5, 5.41) is 0.505. The van der Waals surface area contributed by atoms with Crippen LogP contribution in [0.25, 0.3) is 6.08 Å². The first-order valence-corrected chi connectivity index (χ1v) is 13.2. The molecule has 0 aliphatic carbocycles. The number of ether oxygens (including phenoxy) is 3. The molecule has 0 bridgehead atoms. The molecule has 186 valence electrons. The minimum absolute atomic E-state index is 0.201. The first-order chi connectivity index (χ1) is 16.6. The molecular weight excluding hydrogens is 628 g/mol. The summed E-state index contributed by atoms with van der Waals surface area (Å²) in [6.45, 7) is 5.41. The first-order valence-electron chi connectivity index (χ1n) is 10.6. The summed E-state index contributed by atoms with van der Waals surface area (Å²) in [5.41, 5.74) is 1.41. The summed E-state index contributed by atoms with van der Waals surface area (Å²) in [4.78, 5) is 38.1. The number of carbonyl (C=O) groups is 3. The summed E-state index contributed by atoms with van der Waals surface area (Å²) < 4.78 is 17.6. The Hall–Kier alpha value is -1.95. The summed E-state index contributed by atoms with van der Waals surface area (Å²) in [5.74, 6) is -0.180. The van der Waals surface area contributed by atoms with Crippen LogP contribution >= 0.6 is 57.6 Å². The number of carbonyl (C=O) groups excluding carboxylic acids is 3. The van der Waals surface area contributed by atoms with Gasteiger partial charge in [0.1, 0.15) is 13.2 Å². The number of nitrogens with zero attached hydrogens (tertiary/aromatic N) is 1. The van der Waals surface area contributed by atoms with Gasteiger partial charge in [-0.25, -0.2) is 0 Å². The van der Waals surface area contributed by atoms with Crippen LogP contribution in [0.3, 0.4) is 0 Å². The highest BCUT2D eigenvalue weighted by Gasteiger charge is 2.37. The lowest BCUT2D eigenvalue weighted by Crippen LogP contribution is -2.35. The average Bonchev–Trinajstić information content (AvgIpc) is 3.01. The number of esters is 1. The van der Waals surface area contributed by atoms with Crippen LogP contribution in [0.15, 0.2) is 35.2 Å². The molecule has 35 heavy (non-hydrogen) atoms. The fourth-order valence-corrected chi connectivity index (χ4v) is 5.16. The molecule has 1 aliphatic heterocycles. The molecule has 0 saturated carbocycles. The van der Waals surface area contributed by atoms with E-state index in [0.29, 0.717) is 33.7 Å². The van der Waals surface area contributed by atoms with E-state index >= 15 is 0 Å². The van der Waals surface area contributed by atoms with Crippen molar-refractivity contribution >= 4 is 80.7 Å². The van der Waals surface area contributed by atoms with Gasteiger partial charge >= 0.3 is 5.97 Å². The average molecular weight is 650 g/mol. The van der Waals surface area contributed by atoms with Gasteiger partial charge < -0.3 is 14.2 Å². The second-order valence-electron chi connectivity index (χ2n) is 7.59. The Morgan fingerprint density at radius 2 is 1.91 bits per heavy atom. The van der Waals surface area contributed by atoms with Crippen molar-refractivity contribution in [1.82, 2.24) is 4.90 Å². The molecule has 0 spiro atoms. The Morgan fingerprint density at radius 3 is 2.57 bits per heavy atom. The fraction of sp³-hybridized carbons (Fsp3) is 0.292. The Bertz CT molecular complexity index is 1190. The van der Waals surface area contributed by atoms with E-state index in [9.17, 15) is 14.4 Å². The second-order valence-corrected chi connectivity index (χ2v) is 10.6. The largest absolute Gasteiger partial charge is 0.490 e. The number of hydrogen-bond donors (Lipinski definition) is 0. The number of rotatable bonds is 9. The maximum Gasteiger partial charge on any atom is 0.326 e. The van der Waals surface area contributed by atoms with E-state index < -0.39 is 23.7 Å². The molecule has 1 fully saturated rings. The Balaban J connectivity index is 1.82. The molecule has 3 rings (SSSR count). The normalized spacial score (nSPS) is 14.7. The Morgan fingerprint density at radius 1 is 1.17 bits per heavy atom. The molecule has 0 radical (unpaired) electrons. The standard InChI is InChI=1S/C24H22Cl2INO6S/c1-4-32-19-8-14(7-18(27)22(19)33-12-15-5-6-16(25)10-17(15)26)9-20-23(30)28(24(31)35-20)11-21(29)34-13(2)3/h5-10,13H,4,11-12H2,1-3H3/b20-9-. The van der Waals surface area contributed by atoms with Gasteiger partial charge in [-0.15, -0.1) is 0 Å². The Labute approximate surface area is 231 Å². The van der Waals surface area contributed by atoms with Crippen molar-refractivity contribution in [3.05, 3.63) is 60.0 Å². The monoisotopic (exact) mass is 649 g/mol. The van der Waals surface area contributed by atoms with Gasteiger partial charge in [0.15, 0.2) is 11.5 Å². The predicted octanol–water partition coefficient (Wildman–Crippen LogP) is 6.56. The van der Waals surface area contributed by atoms with Gasteiger partial charge in [0.25, 0.3) is 11.1 Å². The minimum atomic E-state index is -0.640. The van der Waals surface area contributed by atoms with Gasteiger partial charge in [0.05, 0.1) is 21.2 Å². The van der Waals surface area contributed by atoms with Crippen LogP contribution in [0.2, 0.25) is 10.0 Å². The van der Waals surface area contributed by atoms with Crippen molar-refractivity contribution < 1.29 is 28.6 Å². The summed E-state index contributed by atoms with van der Waals surface area (Å²) in [7, 11) is 0. The molecule has 1 aliphatic rings. The van der Waals surface area contributed by atoms with E-state index in [1.807, 2.05) is 13.0 Å². The number of imide groups is 1. The van der Waals surface area contributed by atoms with E-state index in [1.54, 1.807) is 44.2 Å². The number of hydrogen-bond acceptors (Lipinski definition) is 7. The van der Waals surface area contributed by atoms with E-state index in [4.69, 9.17) is 37.4 Å². The maximum absolute atomic E-state index is 12.7. The molecule has 11 heteroatoms. The van der Waals surface area contributed by atoms with E-state index in [2.05, 4.69) is 22.6 Å². The molecular formula is C24H22Cl2INO6S. The van der Waals surface area contributed by atoms with Crippen molar-refractivity contribution in [2.75, 3.05) is 13.2 Å². The maximum atomic E-state index is 12.7. The predicted molar refractivity (Wildman–Crippen MR) is 145 cm³/mol. The summed E-state index contributed by atoms with van der Waals surface area (Å²) in [6.07, 6.45) is 1.25. The summed E-state index contributed by atoms with van der Waals surface area (Å²) in [6, 6.07) is 8.71. The lowest BCUT2D eigenvalue weighted by atomic mass is 10.1. The van der Waals surface area contributed by atoms with Crippen molar-refractivity contribution in [2.45, 2.75) is 33.5 Å². The van der Waals surface area contributed by atoms with Crippen LogP contribution in [0, 0.1) is 3.57 Å². The topological polar surface area (TPSA) is 82.1 Å². The van der Waals surface area contributed by atoms with Crippen molar-refractivity contribution in [3.63, 3.8) is 0 Å². The number of benzene rings is 2. The molecule has 2 aromatic carbocycles. The molecule has 0 atom stereocenters. The third-order valence-corrected chi connectivity index (χ3v) is 6.84. The molecule has 1 heterocycles. The van der Waals surface area contributed by atoms with E-state index in [0.717, 1.165) is 25.8 Å². The highest BCUT2D eigenvalue weighted by molar-refractivity contribution is 14.1. The fourth-order valence-electron chi connectivity index (χ4n) is 3.08. The van der Waals surface area contributed by atoms with Crippen LogP contribution < -0.4 is 9.47 Å². The Kier molecular flexibility index (Phi) is 9.74. The van der Waals surface area contributed by atoms with Gasteiger partial charge in [-0.05, 0) is 91.0 Å². The van der Waals surface area contributed by atoms with Crippen LogP contribution in [-0.4, -0.2) is 41.3 Å². The number of thioether (sulfide) groups is 1. The van der Waals surface area contributed by atoms with Crippen LogP contribution in [0.4, 0.5) is 4.79 Å². The van der Waals surface area contributed by atoms with Gasteiger partial charge in [-0.1, -0.05) is 29.3 Å². The second kappa shape index (κ2) is 12.3. The third-order valence-electron chi connectivity index (χ3n) is 4.54. The molecule has 0 unspecified atom stereocenters. The zero-order valence-corrected chi connectivity index (χ0v) is 23.6. The van der Waals surface area contributed by atoms with Gasteiger partial charge in [-0.3, -0.25) is 19.3 Å². The number of halogens is 3. The quantitative estimate of drug-likeness (QED) is 0.173. The van der Waals surface area contributed by atoms with Crippen LogP contribution in [0.5, 0.6) is 11.5 Å². The molecule has 2 amide bonds. The molecule has 1 saturated heterocycles. The SMILES string of the molecule is CCOc1cc(/C=C2\SC(=O)N(CC(=O)OC(C)C)C2=O)cc(I)c1OCc1ccc(Cl)cc1Cl. The lowest BCUT2D eigenvalue weighted by molar-refractivity contribution is -0.149. The molecule has 2 aromatic rings. The van der Waals surface area contributed by atoms with E-state index in [1.165, 1.54) is 0 Å². The zero-order valence-electron chi connectivity index (χ0n) is 19.1. The van der Waals surface area contributed by atoms with E-state index in [-0.39, 0.29) is 17.6 Å². The van der Waals surface area contributed by atoms with Crippen LogP contribution in [0.1, 0.15) is 31.9 Å². The molecule has 7 nitrogen and oxygen atoms in total. The molecule has 0 aromatic heterocycles. The minimum Gasteiger partial charge on any atom is -0.490 e. The van der Waals surface area contributed by atoms with Crippen molar-refractivity contribution in [3.8, 4) is 11.5 Å². The van der Waals surface area contributed by atoms with Crippen molar-refractivity contribution in [2.24, 2.45) is 0 Å². The zero-order chi connectivity index (χ0) is 25.7.